The number of unbranched alkanes of at least 4 members (excludes halogenated alkanes) is 6. The minimum absolute atomic E-state index is 0.271. The Labute approximate surface area is 99.7 Å². The van der Waals surface area contributed by atoms with E-state index in [2.05, 4.69) is 6.92 Å². The number of carbonyl (C=O) groups is 1. The van der Waals surface area contributed by atoms with Crippen molar-refractivity contribution in [2.24, 2.45) is 0 Å². The zero-order valence-electron chi connectivity index (χ0n) is 10.5. The lowest BCUT2D eigenvalue weighted by atomic mass is 10.0. The SMILES string of the molecule is CCCCCCCCCC(O)CC=CC=O. The topological polar surface area (TPSA) is 37.3 Å². The van der Waals surface area contributed by atoms with Crippen LogP contribution in [0.1, 0.15) is 64.7 Å². The van der Waals surface area contributed by atoms with Gasteiger partial charge in [0.25, 0.3) is 0 Å². The zero-order chi connectivity index (χ0) is 12.1. The number of aldehydes is 1. The minimum Gasteiger partial charge on any atom is -0.393 e. The molecule has 16 heavy (non-hydrogen) atoms. The predicted molar refractivity (Wildman–Crippen MR) is 68.4 cm³/mol. The third-order valence-corrected chi connectivity index (χ3v) is 2.76. The normalized spacial score (nSPS) is 13.1. The average molecular weight is 226 g/mol. The van der Waals surface area contributed by atoms with Crippen LogP contribution >= 0.6 is 0 Å². The summed E-state index contributed by atoms with van der Waals surface area (Å²) in [6, 6.07) is 0. The Bertz CT molecular complexity index is 176. The van der Waals surface area contributed by atoms with Crippen molar-refractivity contribution < 1.29 is 9.90 Å². The van der Waals surface area contributed by atoms with E-state index in [1.165, 1.54) is 44.6 Å². The van der Waals surface area contributed by atoms with Gasteiger partial charge in [0.15, 0.2) is 0 Å². The highest BCUT2D eigenvalue weighted by Gasteiger charge is 2.00. The minimum atomic E-state index is -0.271. The van der Waals surface area contributed by atoms with Crippen LogP contribution in [0.3, 0.4) is 0 Å². The molecule has 0 spiro atoms. The van der Waals surface area contributed by atoms with E-state index in [0.717, 1.165) is 19.1 Å². The van der Waals surface area contributed by atoms with Crippen LogP contribution in [0.5, 0.6) is 0 Å². The fourth-order valence-corrected chi connectivity index (χ4v) is 1.75. The van der Waals surface area contributed by atoms with Gasteiger partial charge in [-0.3, -0.25) is 4.79 Å². The molecule has 0 saturated carbocycles. The van der Waals surface area contributed by atoms with E-state index >= 15 is 0 Å². The van der Waals surface area contributed by atoms with Crippen LogP contribution in [-0.2, 0) is 4.79 Å². The smallest absolute Gasteiger partial charge is 0.142 e. The van der Waals surface area contributed by atoms with Crippen LogP contribution in [0, 0.1) is 0 Å². The second kappa shape index (κ2) is 12.4. The maximum absolute atomic E-state index is 10.0. The van der Waals surface area contributed by atoms with Crippen LogP contribution in [0.2, 0.25) is 0 Å². The lowest BCUT2D eigenvalue weighted by molar-refractivity contribution is -0.104. The Morgan fingerprint density at radius 2 is 1.69 bits per heavy atom. The third kappa shape index (κ3) is 11.4. The summed E-state index contributed by atoms with van der Waals surface area (Å²) >= 11 is 0. The molecule has 0 fully saturated rings. The molecule has 0 aromatic rings. The van der Waals surface area contributed by atoms with Gasteiger partial charge in [-0.05, 0) is 18.9 Å². The second-order valence-electron chi connectivity index (χ2n) is 4.36. The molecule has 0 radical (unpaired) electrons. The predicted octanol–water partition coefficient (Wildman–Crippen LogP) is 3.63. The van der Waals surface area contributed by atoms with Gasteiger partial charge in [0, 0.05) is 0 Å². The molecule has 0 aliphatic carbocycles. The van der Waals surface area contributed by atoms with Gasteiger partial charge in [0.1, 0.15) is 6.29 Å². The Hall–Kier alpha value is -0.630. The zero-order valence-corrected chi connectivity index (χ0v) is 10.5. The number of hydrogen-bond acceptors (Lipinski definition) is 2. The quantitative estimate of drug-likeness (QED) is 0.332. The molecule has 1 unspecified atom stereocenters. The monoisotopic (exact) mass is 226 g/mol. The molecule has 0 saturated heterocycles. The van der Waals surface area contributed by atoms with E-state index in [9.17, 15) is 9.90 Å². The summed E-state index contributed by atoms with van der Waals surface area (Å²) in [5.41, 5.74) is 0. The van der Waals surface area contributed by atoms with Crippen LogP contribution in [0.25, 0.3) is 0 Å². The number of aliphatic hydroxyl groups excluding tert-OH is 1. The van der Waals surface area contributed by atoms with E-state index in [0.29, 0.717) is 6.42 Å². The Balaban J connectivity index is 3.17. The Morgan fingerprint density at radius 1 is 1.06 bits per heavy atom. The number of allylic oxidation sites excluding steroid dienone is 1. The molecule has 94 valence electrons. The van der Waals surface area contributed by atoms with Gasteiger partial charge < -0.3 is 5.11 Å². The average Bonchev–Trinajstić information content (AvgIpc) is 2.28. The largest absolute Gasteiger partial charge is 0.393 e. The van der Waals surface area contributed by atoms with Crippen LogP contribution in [0.4, 0.5) is 0 Å². The van der Waals surface area contributed by atoms with Crippen molar-refractivity contribution in [2.75, 3.05) is 0 Å². The molecule has 0 aromatic heterocycles. The van der Waals surface area contributed by atoms with Crippen molar-refractivity contribution in [3.63, 3.8) is 0 Å². The molecule has 2 nitrogen and oxygen atoms in total. The number of rotatable bonds is 11. The molecular weight excluding hydrogens is 200 g/mol. The van der Waals surface area contributed by atoms with Gasteiger partial charge in [-0.15, -0.1) is 0 Å². The van der Waals surface area contributed by atoms with Crippen LogP contribution < -0.4 is 0 Å². The summed E-state index contributed by atoms with van der Waals surface area (Å²) in [7, 11) is 0. The first kappa shape index (κ1) is 15.4. The maximum Gasteiger partial charge on any atom is 0.142 e. The number of aliphatic hydroxyl groups is 1. The van der Waals surface area contributed by atoms with Crippen LogP contribution in [0.15, 0.2) is 12.2 Å². The van der Waals surface area contributed by atoms with Gasteiger partial charge in [-0.2, -0.15) is 0 Å². The highest BCUT2D eigenvalue weighted by Crippen LogP contribution is 2.11. The van der Waals surface area contributed by atoms with E-state index in [-0.39, 0.29) is 6.10 Å². The fraction of sp³-hybridized carbons (Fsp3) is 0.786. The standard InChI is InChI=1S/C14H26O2/c1-2-3-4-5-6-7-8-11-14(16)12-9-10-13-15/h9-10,13-14,16H,2-8,11-12H2,1H3. The number of hydrogen-bond donors (Lipinski definition) is 1. The molecule has 0 aliphatic rings. The molecule has 0 bridgehead atoms. The van der Waals surface area contributed by atoms with E-state index in [1.807, 2.05) is 0 Å². The molecule has 0 aromatic carbocycles. The van der Waals surface area contributed by atoms with Crippen molar-refractivity contribution in [1.82, 2.24) is 0 Å². The van der Waals surface area contributed by atoms with Crippen molar-refractivity contribution in [3.8, 4) is 0 Å². The van der Waals surface area contributed by atoms with Gasteiger partial charge in [-0.25, -0.2) is 0 Å². The number of carbonyl (C=O) groups excluding carboxylic acids is 1. The molecule has 2 heteroatoms. The summed E-state index contributed by atoms with van der Waals surface area (Å²) in [4.78, 5) is 10.0. The van der Waals surface area contributed by atoms with Crippen molar-refractivity contribution in [3.05, 3.63) is 12.2 Å². The summed E-state index contributed by atoms with van der Waals surface area (Å²) in [6.45, 7) is 2.23. The first-order valence-corrected chi connectivity index (χ1v) is 6.59. The van der Waals surface area contributed by atoms with Crippen molar-refractivity contribution >= 4 is 6.29 Å². The summed E-state index contributed by atoms with van der Waals surface area (Å²) in [5.74, 6) is 0. The van der Waals surface area contributed by atoms with Gasteiger partial charge >= 0.3 is 0 Å². The fourth-order valence-electron chi connectivity index (χ4n) is 1.75. The maximum atomic E-state index is 10.0. The molecule has 0 amide bonds. The molecule has 0 rings (SSSR count). The highest BCUT2D eigenvalue weighted by atomic mass is 16.3. The highest BCUT2D eigenvalue weighted by molar-refractivity contribution is 5.64. The molecule has 1 N–H and O–H groups in total. The Morgan fingerprint density at radius 3 is 2.31 bits per heavy atom. The molecular formula is C14H26O2. The molecule has 0 heterocycles. The summed E-state index contributed by atoms with van der Waals surface area (Å²) < 4.78 is 0. The van der Waals surface area contributed by atoms with Crippen molar-refractivity contribution in [2.45, 2.75) is 70.8 Å². The lowest BCUT2D eigenvalue weighted by Gasteiger charge is -2.07. The van der Waals surface area contributed by atoms with Crippen molar-refractivity contribution in [1.29, 1.82) is 0 Å². The lowest BCUT2D eigenvalue weighted by Crippen LogP contribution is -2.04. The van der Waals surface area contributed by atoms with Gasteiger partial charge in [0.2, 0.25) is 0 Å². The first-order valence-electron chi connectivity index (χ1n) is 6.59. The van der Waals surface area contributed by atoms with E-state index in [1.54, 1.807) is 6.08 Å². The van der Waals surface area contributed by atoms with Gasteiger partial charge in [-0.1, -0.05) is 57.9 Å². The Kier molecular flexibility index (Phi) is 11.9. The summed E-state index contributed by atoms with van der Waals surface area (Å²) in [5, 5.41) is 9.55. The third-order valence-electron chi connectivity index (χ3n) is 2.76. The summed E-state index contributed by atoms with van der Waals surface area (Å²) in [6.07, 6.45) is 14.1. The van der Waals surface area contributed by atoms with E-state index in [4.69, 9.17) is 0 Å². The van der Waals surface area contributed by atoms with E-state index < -0.39 is 0 Å². The molecule has 1 atom stereocenters. The second-order valence-corrected chi connectivity index (χ2v) is 4.36. The van der Waals surface area contributed by atoms with Crippen LogP contribution in [-0.4, -0.2) is 17.5 Å². The van der Waals surface area contributed by atoms with Gasteiger partial charge in [0.05, 0.1) is 6.10 Å². The first-order chi connectivity index (χ1) is 7.81. The molecule has 0 aliphatic heterocycles.